The molecular weight excluding hydrogens is 276 g/mol. The van der Waals surface area contributed by atoms with Gasteiger partial charge in [-0.1, -0.05) is 19.1 Å². The average molecular weight is 294 g/mol. The summed E-state index contributed by atoms with van der Waals surface area (Å²) in [6, 6.07) is 10.9. The number of benzene rings is 1. The normalized spacial score (nSPS) is 10.6. The van der Waals surface area contributed by atoms with Crippen molar-refractivity contribution in [3.8, 4) is 23.1 Å². The van der Waals surface area contributed by atoms with Crippen molar-refractivity contribution < 1.29 is 4.74 Å². The number of H-pyrrole nitrogens is 1. The molecule has 112 valence electrons. The molecule has 0 radical (unpaired) electrons. The first-order valence-corrected chi connectivity index (χ1v) is 7.23. The van der Waals surface area contributed by atoms with Gasteiger partial charge in [-0.3, -0.25) is 4.79 Å². The highest BCUT2D eigenvalue weighted by molar-refractivity contribution is 5.68. The third-order valence-electron chi connectivity index (χ3n) is 3.16. The minimum absolute atomic E-state index is 0.111. The maximum atomic E-state index is 11.7. The Kier molecular flexibility index (Phi) is 5.16. The predicted octanol–water partition coefficient (Wildman–Crippen LogP) is 3.74. The van der Waals surface area contributed by atoms with Gasteiger partial charge < -0.3 is 9.72 Å². The topological polar surface area (TPSA) is 65.9 Å². The maximum absolute atomic E-state index is 11.7. The van der Waals surface area contributed by atoms with Crippen molar-refractivity contribution >= 4 is 6.08 Å². The van der Waals surface area contributed by atoms with E-state index >= 15 is 0 Å². The highest BCUT2D eigenvalue weighted by atomic mass is 16.5. The van der Waals surface area contributed by atoms with Crippen LogP contribution >= 0.6 is 0 Å². The van der Waals surface area contributed by atoms with E-state index in [-0.39, 0.29) is 11.1 Å². The molecule has 1 aromatic heterocycles. The Bertz CT molecular complexity index is 782. The molecule has 0 aliphatic carbocycles. The molecule has 2 aromatic rings. The molecule has 0 saturated carbocycles. The molecule has 1 aromatic carbocycles. The minimum Gasteiger partial charge on any atom is -0.493 e. The van der Waals surface area contributed by atoms with Crippen LogP contribution in [-0.2, 0) is 0 Å². The SMILES string of the molecule is C/C=C/c1cc(-c2ccc(C#N)c(=O)[nH]2)ccc1OCCC. The van der Waals surface area contributed by atoms with Crippen LogP contribution in [0.25, 0.3) is 17.3 Å². The molecule has 4 heteroatoms. The zero-order chi connectivity index (χ0) is 15.9. The number of hydrogen-bond donors (Lipinski definition) is 1. The Balaban J connectivity index is 2.44. The van der Waals surface area contributed by atoms with Crippen molar-refractivity contribution in [2.24, 2.45) is 0 Å². The molecule has 4 nitrogen and oxygen atoms in total. The second kappa shape index (κ2) is 7.28. The molecule has 1 heterocycles. The first-order chi connectivity index (χ1) is 10.7. The van der Waals surface area contributed by atoms with E-state index in [4.69, 9.17) is 10.00 Å². The lowest BCUT2D eigenvalue weighted by molar-refractivity contribution is 0.317. The average Bonchev–Trinajstić information content (AvgIpc) is 2.54. The predicted molar refractivity (Wildman–Crippen MR) is 87.7 cm³/mol. The van der Waals surface area contributed by atoms with Gasteiger partial charge in [0.05, 0.1) is 6.61 Å². The van der Waals surface area contributed by atoms with Gasteiger partial charge in [0.2, 0.25) is 0 Å². The van der Waals surface area contributed by atoms with Gasteiger partial charge in [0.15, 0.2) is 0 Å². The fourth-order valence-corrected chi connectivity index (χ4v) is 2.10. The molecule has 0 atom stereocenters. The van der Waals surface area contributed by atoms with Crippen molar-refractivity contribution in [1.29, 1.82) is 5.26 Å². The van der Waals surface area contributed by atoms with E-state index in [1.165, 1.54) is 6.07 Å². The summed E-state index contributed by atoms with van der Waals surface area (Å²) in [5.74, 6) is 0.819. The number of rotatable bonds is 5. The zero-order valence-corrected chi connectivity index (χ0v) is 12.7. The summed E-state index contributed by atoms with van der Waals surface area (Å²) < 4.78 is 5.72. The smallest absolute Gasteiger partial charge is 0.266 e. The molecule has 0 fully saturated rings. The van der Waals surface area contributed by atoms with Crippen molar-refractivity contribution in [3.63, 3.8) is 0 Å². The Morgan fingerprint density at radius 3 is 2.77 bits per heavy atom. The Morgan fingerprint density at radius 2 is 2.14 bits per heavy atom. The number of allylic oxidation sites excluding steroid dienone is 1. The molecule has 0 bridgehead atoms. The molecule has 0 amide bonds. The summed E-state index contributed by atoms with van der Waals surface area (Å²) in [5.41, 5.74) is 2.24. The third-order valence-corrected chi connectivity index (χ3v) is 3.16. The first kappa shape index (κ1) is 15.6. The Morgan fingerprint density at radius 1 is 1.32 bits per heavy atom. The highest BCUT2D eigenvalue weighted by Gasteiger charge is 2.07. The van der Waals surface area contributed by atoms with Crippen molar-refractivity contribution in [2.75, 3.05) is 6.61 Å². The largest absolute Gasteiger partial charge is 0.493 e. The third kappa shape index (κ3) is 3.44. The fraction of sp³-hybridized carbons (Fsp3) is 0.222. The van der Waals surface area contributed by atoms with Gasteiger partial charge in [-0.2, -0.15) is 5.26 Å². The zero-order valence-electron chi connectivity index (χ0n) is 12.7. The standard InChI is InChI=1S/C18H18N2O2/c1-3-5-14-11-13(7-9-17(14)22-10-4-2)16-8-6-15(12-19)18(21)20-16/h3,5-9,11H,4,10H2,1-2H3,(H,20,21)/b5-3+. The number of ether oxygens (including phenoxy) is 1. The second-order valence-corrected chi connectivity index (χ2v) is 4.83. The molecule has 1 N–H and O–H groups in total. The lowest BCUT2D eigenvalue weighted by atomic mass is 10.1. The van der Waals surface area contributed by atoms with Gasteiger partial charge in [-0.15, -0.1) is 0 Å². The van der Waals surface area contributed by atoms with Crippen LogP contribution in [0.5, 0.6) is 5.75 Å². The van der Waals surface area contributed by atoms with Gasteiger partial charge in [0.1, 0.15) is 17.4 Å². The van der Waals surface area contributed by atoms with Gasteiger partial charge in [-0.05, 0) is 49.2 Å². The number of nitrogens with one attached hydrogen (secondary N) is 1. The summed E-state index contributed by atoms with van der Waals surface area (Å²) in [6.45, 7) is 4.67. The summed E-state index contributed by atoms with van der Waals surface area (Å²) >= 11 is 0. The van der Waals surface area contributed by atoms with Crippen LogP contribution in [0.3, 0.4) is 0 Å². The van der Waals surface area contributed by atoms with Crippen LogP contribution in [0.2, 0.25) is 0 Å². The van der Waals surface area contributed by atoms with Crippen LogP contribution in [0.15, 0.2) is 41.2 Å². The van der Waals surface area contributed by atoms with Crippen LogP contribution < -0.4 is 10.3 Å². The number of aromatic nitrogens is 1. The first-order valence-electron chi connectivity index (χ1n) is 7.23. The number of pyridine rings is 1. The Hall–Kier alpha value is -2.80. The van der Waals surface area contributed by atoms with Crippen LogP contribution in [0, 0.1) is 11.3 Å². The van der Waals surface area contributed by atoms with Gasteiger partial charge >= 0.3 is 0 Å². The van der Waals surface area contributed by atoms with Crippen molar-refractivity contribution in [1.82, 2.24) is 4.98 Å². The van der Waals surface area contributed by atoms with Crippen LogP contribution in [0.1, 0.15) is 31.4 Å². The van der Waals surface area contributed by atoms with E-state index in [1.54, 1.807) is 6.07 Å². The quantitative estimate of drug-likeness (QED) is 0.913. The second-order valence-electron chi connectivity index (χ2n) is 4.83. The van der Waals surface area contributed by atoms with Crippen LogP contribution in [0.4, 0.5) is 0 Å². The van der Waals surface area contributed by atoms with E-state index in [0.717, 1.165) is 23.3 Å². The van der Waals surface area contributed by atoms with E-state index < -0.39 is 0 Å². The van der Waals surface area contributed by atoms with E-state index in [9.17, 15) is 4.79 Å². The maximum Gasteiger partial charge on any atom is 0.266 e. The van der Waals surface area contributed by atoms with Gasteiger partial charge in [0.25, 0.3) is 5.56 Å². The number of hydrogen-bond acceptors (Lipinski definition) is 3. The number of aromatic amines is 1. The molecule has 0 saturated heterocycles. The fourth-order valence-electron chi connectivity index (χ4n) is 2.10. The molecular formula is C18H18N2O2. The van der Waals surface area contributed by atoms with Crippen molar-refractivity contribution in [2.45, 2.75) is 20.3 Å². The minimum atomic E-state index is -0.376. The summed E-state index contributed by atoms with van der Waals surface area (Å²) in [6.07, 6.45) is 4.86. The molecule has 2 rings (SSSR count). The molecule has 0 aliphatic rings. The molecule has 22 heavy (non-hydrogen) atoms. The van der Waals surface area contributed by atoms with E-state index in [0.29, 0.717) is 12.3 Å². The highest BCUT2D eigenvalue weighted by Crippen LogP contribution is 2.26. The molecule has 0 spiro atoms. The lowest BCUT2D eigenvalue weighted by Gasteiger charge is -2.10. The Labute approximate surface area is 129 Å². The summed E-state index contributed by atoms with van der Waals surface area (Å²) in [5, 5.41) is 8.82. The number of nitriles is 1. The number of nitrogens with zero attached hydrogens (tertiary/aromatic N) is 1. The lowest BCUT2D eigenvalue weighted by Crippen LogP contribution is -2.10. The van der Waals surface area contributed by atoms with Crippen LogP contribution in [-0.4, -0.2) is 11.6 Å². The van der Waals surface area contributed by atoms with Gasteiger partial charge in [0, 0.05) is 11.3 Å². The van der Waals surface area contributed by atoms with E-state index in [1.807, 2.05) is 43.3 Å². The molecule has 0 unspecified atom stereocenters. The van der Waals surface area contributed by atoms with E-state index in [2.05, 4.69) is 11.9 Å². The summed E-state index contributed by atoms with van der Waals surface area (Å²) in [4.78, 5) is 14.5. The van der Waals surface area contributed by atoms with Gasteiger partial charge in [-0.25, -0.2) is 0 Å². The monoisotopic (exact) mass is 294 g/mol. The molecule has 0 aliphatic heterocycles. The van der Waals surface area contributed by atoms with Crippen molar-refractivity contribution in [3.05, 3.63) is 57.9 Å². The summed E-state index contributed by atoms with van der Waals surface area (Å²) in [7, 11) is 0.